The van der Waals surface area contributed by atoms with E-state index in [0.29, 0.717) is 30.8 Å². The highest BCUT2D eigenvalue weighted by atomic mass is 28.4. The molecular weight excluding hydrogens is 557 g/mol. The number of aliphatic hydroxyl groups is 1. The number of hydrogen-bond donors (Lipinski definition) is 1. The first-order valence-corrected chi connectivity index (χ1v) is 18.2. The van der Waals surface area contributed by atoms with Gasteiger partial charge in [-0.2, -0.15) is 13.2 Å². The number of alkyl halides is 3. The van der Waals surface area contributed by atoms with Crippen molar-refractivity contribution in [2.75, 3.05) is 13.2 Å². The van der Waals surface area contributed by atoms with Gasteiger partial charge in [0.25, 0.3) is 0 Å². The van der Waals surface area contributed by atoms with Crippen molar-refractivity contribution in [3.63, 3.8) is 0 Å². The summed E-state index contributed by atoms with van der Waals surface area (Å²) in [5.41, 5.74) is 5.11. The molecule has 5 nitrogen and oxygen atoms in total. The summed E-state index contributed by atoms with van der Waals surface area (Å²) in [6.07, 6.45) is 3.34. The van der Waals surface area contributed by atoms with Gasteiger partial charge < -0.3 is 14.3 Å². The maximum Gasteiger partial charge on any atom is 0.433 e. The molecule has 0 aromatic carbocycles. The van der Waals surface area contributed by atoms with E-state index in [4.69, 9.17) is 14.1 Å². The lowest BCUT2D eigenvalue weighted by Crippen LogP contribution is -2.46. The molecule has 1 spiro atoms. The van der Waals surface area contributed by atoms with E-state index < -0.39 is 26.3 Å². The second-order valence-corrected chi connectivity index (χ2v) is 19.1. The molecule has 0 saturated heterocycles. The third-order valence-corrected chi connectivity index (χ3v) is 14.5. The molecule has 3 heterocycles. The predicted molar refractivity (Wildman–Crippen MR) is 161 cm³/mol. The Balaban J connectivity index is 1.75. The fourth-order valence-corrected chi connectivity index (χ4v) is 7.76. The van der Waals surface area contributed by atoms with Gasteiger partial charge in [0.05, 0.1) is 19.3 Å². The van der Waals surface area contributed by atoms with Crippen LogP contribution in [0.3, 0.4) is 0 Å². The molecule has 3 aliphatic rings. The maximum absolute atomic E-state index is 13.3. The lowest BCUT2D eigenvalue weighted by molar-refractivity contribution is -0.141. The molecule has 2 aliphatic carbocycles. The molecule has 0 unspecified atom stereocenters. The normalized spacial score (nSPS) is 21.6. The first kappa shape index (κ1) is 31.4. The molecule has 1 aliphatic heterocycles. The molecule has 1 N–H and O–H groups in total. The number of pyridine rings is 2. The van der Waals surface area contributed by atoms with Gasteiger partial charge in [0.15, 0.2) is 8.32 Å². The van der Waals surface area contributed by atoms with Crippen LogP contribution in [0.1, 0.15) is 124 Å². The summed E-state index contributed by atoms with van der Waals surface area (Å²) in [5.74, 6) is -0.0134. The van der Waals surface area contributed by atoms with Gasteiger partial charge >= 0.3 is 6.18 Å². The van der Waals surface area contributed by atoms with Crippen LogP contribution in [-0.2, 0) is 21.8 Å². The smallest absolute Gasteiger partial charge is 0.410 e. The largest absolute Gasteiger partial charge is 0.433 e. The van der Waals surface area contributed by atoms with Crippen LogP contribution in [0.2, 0.25) is 18.1 Å². The molecule has 230 valence electrons. The Morgan fingerprint density at radius 2 is 1.86 bits per heavy atom. The molecule has 9 heteroatoms. The minimum atomic E-state index is -4.55. The molecule has 2 aromatic rings. The summed E-state index contributed by atoms with van der Waals surface area (Å²) < 4.78 is 52.8. The second-order valence-electron chi connectivity index (χ2n) is 14.3. The third-order valence-electron chi connectivity index (χ3n) is 10.0. The Morgan fingerprint density at radius 1 is 1.14 bits per heavy atom. The molecule has 5 rings (SSSR count). The van der Waals surface area contributed by atoms with Crippen LogP contribution in [0.5, 0.6) is 0 Å². The molecule has 0 radical (unpaired) electrons. The number of rotatable bonds is 6. The minimum Gasteiger partial charge on any atom is -0.410 e. The Kier molecular flexibility index (Phi) is 8.31. The second kappa shape index (κ2) is 11.1. The number of halogens is 3. The lowest BCUT2D eigenvalue weighted by atomic mass is 9.59. The van der Waals surface area contributed by atoms with Crippen molar-refractivity contribution < 1.29 is 27.4 Å². The van der Waals surface area contributed by atoms with Crippen molar-refractivity contribution in [3.05, 3.63) is 63.7 Å². The average molecular weight is 603 g/mol. The highest BCUT2D eigenvalue weighted by molar-refractivity contribution is 6.74. The van der Waals surface area contributed by atoms with E-state index >= 15 is 0 Å². The van der Waals surface area contributed by atoms with Crippen LogP contribution in [-0.4, -0.2) is 36.6 Å². The third kappa shape index (κ3) is 5.86. The first-order chi connectivity index (χ1) is 19.5. The highest BCUT2D eigenvalue weighted by Crippen LogP contribution is 2.57. The number of hydrogen-bond acceptors (Lipinski definition) is 5. The molecule has 0 bridgehead atoms. The molecule has 2 aromatic heterocycles. The van der Waals surface area contributed by atoms with Crippen molar-refractivity contribution >= 4 is 13.9 Å². The zero-order valence-electron chi connectivity index (χ0n) is 26.0. The van der Waals surface area contributed by atoms with Crippen molar-refractivity contribution in [1.29, 1.82) is 0 Å². The maximum atomic E-state index is 13.3. The number of fused-ring (bicyclic) bond motifs is 1. The van der Waals surface area contributed by atoms with Gasteiger partial charge in [-0.3, -0.25) is 9.97 Å². The minimum absolute atomic E-state index is 0.00897. The Hall–Kier alpha value is -2.07. The predicted octanol–water partition coefficient (Wildman–Crippen LogP) is 8.68. The Morgan fingerprint density at radius 3 is 2.36 bits per heavy atom. The average Bonchev–Trinajstić information content (AvgIpc) is 2.89. The van der Waals surface area contributed by atoms with Crippen molar-refractivity contribution in [2.45, 2.75) is 116 Å². The van der Waals surface area contributed by atoms with Crippen LogP contribution in [0.25, 0.3) is 5.57 Å². The fourth-order valence-electron chi connectivity index (χ4n) is 6.50. The van der Waals surface area contributed by atoms with E-state index in [2.05, 4.69) is 58.8 Å². The lowest BCUT2D eigenvalue weighted by Gasteiger charge is -2.51. The molecule has 0 amide bonds. The van der Waals surface area contributed by atoms with Gasteiger partial charge in [-0.15, -0.1) is 0 Å². The van der Waals surface area contributed by atoms with Crippen molar-refractivity contribution in [2.24, 2.45) is 5.41 Å². The van der Waals surface area contributed by atoms with Crippen molar-refractivity contribution in [1.82, 2.24) is 9.97 Å². The Labute approximate surface area is 249 Å². The highest BCUT2D eigenvalue weighted by Gasteiger charge is 2.49. The summed E-state index contributed by atoms with van der Waals surface area (Å²) in [7, 11) is -2.20. The number of nitrogens with zero attached hydrogens (tertiary/aromatic N) is 2. The SMILES string of the molecule is CC(C)c1nc2c(c(C3=CCOCC3)c1[C@@H](O)c1ccc(C(F)(F)F)nc1)[C@@H](O[Si](C)(C)C(C)(C)C)CC1(CCC1)C2. The number of ether oxygens (including phenoxy) is 1. The molecule has 1 saturated carbocycles. The number of aliphatic hydroxyl groups excluding tert-OH is 1. The van der Waals surface area contributed by atoms with Crippen LogP contribution >= 0.6 is 0 Å². The van der Waals surface area contributed by atoms with Crippen molar-refractivity contribution in [3.8, 4) is 0 Å². The van der Waals surface area contributed by atoms with Gasteiger partial charge in [0.2, 0.25) is 0 Å². The quantitative estimate of drug-likeness (QED) is 0.335. The summed E-state index contributed by atoms with van der Waals surface area (Å²) in [5, 5.41) is 12.0. The summed E-state index contributed by atoms with van der Waals surface area (Å²) in [6.45, 7) is 16.5. The van der Waals surface area contributed by atoms with Crippen LogP contribution in [0, 0.1) is 5.41 Å². The van der Waals surface area contributed by atoms with Gasteiger partial charge in [-0.05, 0) is 78.8 Å². The fraction of sp³-hybridized carbons (Fsp3) is 0.636. The summed E-state index contributed by atoms with van der Waals surface area (Å²) >= 11 is 0. The topological polar surface area (TPSA) is 64.5 Å². The van der Waals surface area contributed by atoms with E-state index in [1.54, 1.807) is 0 Å². The molecule has 2 atom stereocenters. The van der Waals surface area contributed by atoms with Gasteiger partial charge in [-0.25, -0.2) is 0 Å². The molecule has 1 fully saturated rings. The zero-order valence-corrected chi connectivity index (χ0v) is 27.0. The number of aromatic nitrogens is 2. The van der Waals surface area contributed by atoms with Gasteiger partial charge in [0.1, 0.15) is 11.8 Å². The van der Waals surface area contributed by atoms with Crippen LogP contribution in [0.15, 0.2) is 24.4 Å². The monoisotopic (exact) mass is 602 g/mol. The Bertz CT molecular complexity index is 1340. The first-order valence-electron chi connectivity index (χ1n) is 15.3. The van der Waals surface area contributed by atoms with Gasteiger partial charge in [0, 0.05) is 34.3 Å². The van der Waals surface area contributed by atoms with Crippen LogP contribution < -0.4 is 0 Å². The van der Waals surface area contributed by atoms with E-state index in [0.717, 1.165) is 66.0 Å². The van der Waals surface area contributed by atoms with Gasteiger partial charge in [-0.1, -0.05) is 53.2 Å². The summed E-state index contributed by atoms with van der Waals surface area (Å²) in [6, 6.07) is 2.27. The van der Waals surface area contributed by atoms with Crippen LogP contribution in [0.4, 0.5) is 13.2 Å². The van der Waals surface area contributed by atoms with E-state index in [1.165, 1.54) is 12.5 Å². The van der Waals surface area contributed by atoms with E-state index in [9.17, 15) is 18.3 Å². The molecular formula is C33H45F3N2O3Si. The zero-order chi connectivity index (χ0) is 30.7. The summed E-state index contributed by atoms with van der Waals surface area (Å²) in [4.78, 5) is 8.98. The van der Waals surface area contributed by atoms with E-state index in [-0.39, 0.29) is 22.5 Å². The van der Waals surface area contributed by atoms with E-state index in [1.807, 2.05) is 0 Å². The molecule has 42 heavy (non-hydrogen) atoms. The standard InChI is InChI=1S/C33H45F3N2O3Si/c1-20(2)29-28(30(39)22-9-10-25(37-19-22)33(34,35)36)26(21-11-15-40-16-12-21)27-23(38-29)17-32(13-8-14-32)18-24(27)41-42(6,7)31(3,4)5/h9-11,19-20,24,30,39H,8,12-18H2,1-7H3/t24-,30-/m0/s1.